The normalized spacial score (nSPS) is 42.0. The summed E-state index contributed by atoms with van der Waals surface area (Å²) in [5, 5.41) is 3.13. The van der Waals surface area contributed by atoms with Gasteiger partial charge in [0.2, 0.25) is 0 Å². The van der Waals surface area contributed by atoms with Gasteiger partial charge in [0, 0.05) is 0 Å². The van der Waals surface area contributed by atoms with E-state index in [0.29, 0.717) is 0 Å². The standard InChI is InChI=1S/C5H10ClN/c1-4-2-5(6)7-3-4/h4-5,7H,2-3H2,1H3. The maximum atomic E-state index is 5.70. The van der Waals surface area contributed by atoms with Crippen LogP contribution in [0.3, 0.4) is 0 Å². The lowest BCUT2D eigenvalue weighted by molar-refractivity contribution is 0.648. The molecule has 0 spiro atoms. The minimum Gasteiger partial charge on any atom is -0.301 e. The summed E-state index contributed by atoms with van der Waals surface area (Å²) in [6.07, 6.45) is 1.13. The van der Waals surface area contributed by atoms with E-state index in [1.807, 2.05) is 0 Å². The lowest BCUT2D eigenvalue weighted by atomic mass is 10.2. The Bertz CT molecular complexity index is 57.1. The van der Waals surface area contributed by atoms with Gasteiger partial charge in [-0.1, -0.05) is 6.92 Å². The van der Waals surface area contributed by atoms with Crippen LogP contribution in [0.25, 0.3) is 0 Å². The molecule has 1 fully saturated rings. The molecule has 0 aliphatic carbocycles. The van der Waals surface area contributed by atoms with Crippen molar-refractivity contribution >= 4 is 11.6 Å². The Hall–Kier alpha value is 0.250. The van der Waals surface area contributed by atoms with Gasteiger partial charge < -0.3 is 5.32 Å². The fourth-order valence-corrected chi connectivity index (χ4v) is 1.24. The molecule has 0 amide bonds. The molecule has 1 N–H and O–H groups in total. The van der Waals surface area contributed by atoms with E-state index in [9.17, 15) is 0 Å². The molecule has 1 saturated heterocycles. The first-order chi connectivity index (χ1) is 3.29. The van der Waals surface area contributed by atoms with Gasteiger partial charge in [0.05, 0.1) is 5.50 Å². The number of halogens is 1. The molecule has 0 bridgehead atoms. The highest BCUT2D eigenvalue weighted by Gasteiger charge is 2.16. The number of nitrogens with one attached hydrogen (secondary N) is 1. The first-order valence-corrected chi connectivity index (χ1v) is 3.10. The molecule has 0 saturated carbocycles. The van der Waals surface area contributed by atoms with Crippen LogP contribution in [0.1, 0.15) is 13.3 Å². The molecule has 7 heavy (non-hydrogen) atoms. The quantitative estimate of drug-likeness (QED) is 0.373. The number of hydrogen-bond donors (Lipinski definition) is 1. The van der Waals surface area contributed by atoms with Gasteiger partial charge in [-0.2, -0.15) is 0 Å². The minimum absolute atomic E-state index is 0.245. The van der Waals surface area contributed by atoms with Gasteiger partial charge in [-0.25, -0.2) is 0 Å². The average molecular weight is 120 g/mol. The van der Waals surface area contributed by atoms with Crippen molar-refractivity contribution in [2.75, 3.05) is 6.54 Å². The summed E-state index contributed by atoms with van der Waals surface area (Å²) < 4.78 is 0. The Morgan fingerprint density at radius 3 is 2.57 bits per heavy atom. The van der Waals surface area contributed by atoms with Crippen LogP contribution in [0.15, 0.2) is 0 Å². The highest BCUT2D eigenvalue weighted by atomic mass is 35.5. The van der Waals surface area contributed by atoms with Crippen LogP contribution in [-0.2, 0) is 0 Å². The van der Waals surface area contributed by atoms with Gasteiger partial charge >= 0.3 is 0 Å². The molecular weight excluding hydrogens is 110 g/mol. The van der Waals surface area contributed by atoms with Crippen molar-refractivity contribution in [3.8, 4) is 0 Å². The van der Waals surface area contributed by atoms with Crippen LogP contribution < -0.4 is 5.32 Å². The summed E-state index contributed by atoms with van der Waals surface area (Å²) in [5.74, 6) is 0.780. The number of hydrogen-bond acceptors (Lipinski definition) is 1. The van der Waals surface area contributed by atoms with Crippen molar-refractivity contribution in [2.24, 2.45) is 5.92 Å². The second-order valence-corrected chi connectivity index (χ2v) is 2.74. The maximum Gasteiger partial charge on any atom is 0.0828 e. The molecule has 2 unspecified atom stereocenters. The molecule has 2 heteroatoms. The van der Waals surface area contributed by atoms with Gasteiger partial charge in [0.25, 0.3) is 0 Å². The zero-order valence-electron chi connectivity index (χ0n) is 4.45. The van der Waals surface area contributed by atoms with E-state index in [0.717, 1.165) is 18.9 Å². The summed E-state index contributed by atoms with van der Waals surface area (Å²) in [6.45, 7) is 3.30. The van der Waals surface area contributed by atoms with E-state index in [4.69, 9.17) is 11.6 Å². The van der Waals surface area contributed by atoms with E-state index in [2.05, 4.69) is 12.2 Å². The SMILES string of the molecule is CC1CNC(Cl)C1. The van der Waals surface area contributed by atoms with Crippen molar-refractivity contribution in [2.45, 2.75) is 18.8 Å². The predicted octanol–water partition coefficient (Wildman–Crippen LogP) is 1.18. The molecule has 1 nitrogen and oxygen atoms in total. The lowest BCUT2D eigenvalue weighted by Crippen LogP contribution is -2.14. The second kappa shape index (κ2) is 2.01. The topological polar surface area (TPSA) is 12.0 Å². The fraction of sp³-hybridized carbons (Fsp3) is 1.00. The van der Waals surface area contributed by atoms with E-state index >= 15 is 0 Å². The Morgan fingerprint density at radius 2 is 2.43 bits per heavy atom. The summed E-state index contributed by atoms with van der Waals surface area (Å²) in [6, 6.07) is 0. The number of alkyl halides is 1. The van der Waals surface area contributed by atoms with Crippen LogP contribution in [-0.4, -0.2) is 12.0 Å². The van der Waals surface area contributed by atoms with E-state index in [1.54, 1.807) is 0 Å². The third kappa shape index (κ3) is 1.32. The first kappa shape index (κ1) is 5.39. The summed E-state index contributed by atoms with van der Waals surface area (Å²) in [5.41, 5.74) is 0.245. The van der Waals surface area contributed by atoms with Crippen molar-refractivity contribution in [1.29, 1.82) is 0 Å². The smallest absolute Gasteiger partial charge is 0.0828 e. The highest BCUT2D eigenvalue weighted by molar-refractivity contribution is 6.20. The summed E-state index contributed by atoms with van der Waals surface area (Å²) in [7, 11) is 0. The Balaban J connectivity index is 2.26. The molecule has 0 radical (unpaired) electrons. The van der Waals surface area contributed by atoms with Gasteiger partial charge in [-0.05, 0) is 18.9 Å². The monoisotopic (exact) mass is 119 g/mol. The van der Waals surface area contributed by atoms with Gasteiger partial charge in [-0.15, -0.1) is 11.6 Å². The molecule has 0 aromatic carbocycles. The van der Waals surface area contributed by atoms with Crippen molar-refractivity contribution in [1.82, 2.24) is 5.32 Å². The molecule has 2 atom stereocenters. The summed E-state index contributed by atoms with van der Waals surface area (Å²) >= 11 is 5.70. The second-order valence-electron chi connectivity index (χ2n) is 2.22. The van der Waals surface area contributed by atoms with Gasteiger partial charge in [0.15, 0.2) is 0 Å². The minimum atomic E-state index is 0.245. The summed E-state index contributed by atoms with van der Waals surface area (Å²) in [4.78, 5) is 0. The van der Waals surface area contributed by atoms with E-state index in [1.165, 1.54) is 0 Å². The van der Waals surface area contributed by atoms with Crippen molar-refractivity contribution in [3.05, 3.63) is 0 Å². The molecule has 1 aliphatic heterocycles. The van der Waals surface area contributed by atoms with Crippen LogP contribution in [0.5, 0.6) is 0 Å². The first-order valence-electron chi connectivity index (χ1n) is 2.66. The Labute approximate surface area is 49.0 Å². The van der Waals surface area contributed by atoms with Crippen LogP contribution in [0, 0.1) is 5.92 Å². The zero-order valence-corrected chi connectivity index (χ0v) is 5.20. The molecule has 0 aromatic rings. The van der Waals surface area contributed by atoms with Crippen molar-refractivity contribution < 1.29 is 0 Å². The van der Waals surface area contributed by atoms with Crippen LogP contribution >= 0.6 is 11.6 Å². The van der Waals surface area contributed by atoms with Crippen molar-refractivity contribution in [3.63, 3.8) is 0 Å². The molecule has 1 aliphatic rings. The third-order valence-electron chi connectivity index (χ3n) is 1.30. The Kier molecular flexibility index (Phi) is 1.55. The average Bonchev–Trinajstić information content (AvgIpc) is 1.87. The van der Waals surface area contributed by atoms with Crippen LogP contribution in [0.2, 0.25) is 0 Å². The van der Waals surface area contributed by atoms with E-state index in [-0.39, 0.29) is 5.50 Å². The molecule has 0 aromatic heterocycles. The Morgan fingerprint density at radius 1 is 1.71 bits per heavy atom. The largest absolute Gasteiger partial charge is 0.301 e. The number of rotatable bonds is 0. The highest BCUT2D eigenvalue weighted by Crippen LogP contribution is 2.14. The molecule has 1 rings (SSSR count). The third-order valence-corrected chi connectivity index (χ3v) is 1.63. The predicted molar refractivity (Wildman–Crippen MR) is 31.4 cm³/mol. The van der Waals surface area contributed by atoms with Gasteiger partial charge in [-0.3, -0.25) is 0 Å². The van der Waals surface area contributed by atoms with Gasteiger partial charge in [0.1, 0.15) is 0 Å². The molecule has 42 valence electrons. The van der Waals surface area contributed by atoms with Crippen LogP contribution in [0.4, 0.5) is 0 Å². The molecule has 1 heterocycles. The van der Waals surface area contributed by atoms with E-state index < -0.39 is 0 Å². The zero-order chi connectivity index (χ0) is 5.28. The fourth-order valence-electron chi connectivity index (χ4n) is 0.849. The maximum absolute atomic E-state index is 5.70. The molecular formula is C5H10ClN. The lowest BCUT2D eigenvalue weighted by Gasteiger charge is -1.93.